The van der Waals surface area contributed by atoms with E-state index in [2.05, 4.69) is 59.1 Å². The summed E-state index contributed by atoms with van der Waals surface area (Å²) in [5.41, 5.74) is 27.1. The lowest BCUT2D eigenvalue weighted by Gasteiger charge is -2.23. The highest BCUT2D eigenvalue weighted by Crippen LogP contribution is 2.35. The number of primary amides is 1. The van der Waals surface area contributed by atoms with Crippen LogP contribution in [0.3, 0.4) is 0 Å². The molecule has 0 saturated heterocycles. The molecule has 1 aromatic heterocycles. The molecule has 0 saturated carbocycles. The van der Waals surface area contributed by atoms with Crippen molar-refractivity contribution in [2.24, 2.45) is 38.7 Å². The fraction of sp³-hybridized carbons (Fsp3) is 0.688. The SMILES string of the molecule is CCCCCCCCCCCCCCCC(=O)NCCCC[C@H](NC(=O)[C@H](CCCN=C(N)N)NC(=O)CNC(=O)[C@H](CCCN=C(N)N)NC(=O)CNC(=O)[C@H](CSSc1ncccc1[N+](=O)[O-])NC(C)=O)C(N)=O. The first-order valence-electron chi connectivity index (χ1n) is 26.1. The monoisotopic (exact) mass is 1110 g/mol. The number of hydrogen-bond acceptors (Lipinski definition) is 15. The van der Waals surface area contributed by atoms with Crippen molar-refractivity contribution in [2.75, 3.05) is 38.5 Å². The molecular weight excluding hydrogens is 1020 g/mol. The third-order valence-electron chi connectivity index (χ3n) is 11.5. The molecule has 8 amide bonds. The number of guanidine groups is 2. The lowest BCUT2D eigenvalue weighted by molar-refractivity contribution is -0.388. The molecule has 0 spiro atoms. The molecule has 0 radical (unpaired) electrons. The number of aliphatic imine (C=N–C) groups is 2. The lowest BCUT2D eigenvalue weighted by Crippen LogP contribution is -2.55. The maximum atomic E-state index is 13.6. The van der Waals surface area contributed by atoms with Gasteiger partial charge in [-0.1, -0.05) is 94.8 Å². The molecule has 428 valence electrons. The molecule has 1 aromatic rings. The van der Waals surface area contributed by atoms with Gasteiger partial charge in [-0.2, -0.15) is 0 Å². The van der Waals surface area contributed by atoms with E-state index in [1.807, 2.05) is 0 Å². The number of amides is 8. The number of carbonyl (C=O) groups excluding carboxylic acids is 8. The zero-order valence-electron chi connectivity index (χ0n) is 44.2. The van der Waals surface area contributed by atoms with Gasteiger partial charge in [0, 0.05) is 51.0 Å². The Bertz CT molecular complexity index is 2030. The highest BCUT2D eigenvalue weighted by molar-refractivity contribution is 8.76. The van der Waals surface area contributed by atoms with Gasteiger partial charge in [0.2, 0.25) is 47.3 Å². The summed E-state index contributed by atoms with van der Waals surface area (Å²) in [4.78, 5) is 126. The van der Waals surface area contributed by atoms with Crippen LogP contribution in [0.15, 0.2) is 33.3 Å². The van der Waals surface area contributed by atoms with Crippen LogP contribution in [0.25, 0.3) is 0 Å². The summed E-state index contributed by atoms with van der Waals surface area (Å²) in [6, 6.07) is -2.10. The fourth-order valence-corrected chi connectivity index (χ4v) is 9.65. The van der Waals surface area contributed by atoms with Gasteiger partial charge in [-0.15, -0.1) is 0 Å². The minimum absolute atomic E-state index is 0.0152. The third kappa shape index (κ3) is 34.2. The summed E-state index contributed by atoms with van der Waals surface area (Å²) in [6.45, 7) is 2.67. The molecule has 0 aromatic carbocycles. The van der Waals surface area contributed by atoms with E-state index in [4.69, 9.17) is 28.7 Å². The van der Waals surface area contributed by atoms with Crippen molar-refractivity contribution in [1.29, 1.82) is 0 Å². The van der Waals surface area contributed by atoms with Gasteiger partial charge in [0.15, 0.2) is 16.9 Å². The second-order valence-electron chi connectivity index (χ2n) is 18.1. The van der Waals surface area contributed by atoms with Crippen molar-refractivity contribution in [2.45, 2.75) is 178 Å². The Kier molecular flexibility index (Phi) is 37.1. The Hall–Kier alpha value is -6.45. The summed E-state index contributed by atoms with van der Waals surface area (Å²) >= 11 is 0. The first-order valence-corrected chi connectivity index (χ1v) is 28.4. The second-order valence-corrected chi connectivity index (χ2v) is 20.4. The van der Waals surface area contributed by atoms with Gasteiger partial charge in [-0.05, 0) is 68.2 Å². The van der Waals surface area contributed by atoms with Crippen LogP contribution in [0.2, 0.25) is 0 Å². The number of rotatable bonds is 44. The van der Waals surface area contributed by atoms with Crippen LogP contribution in [0.1, 0.15) is 149 Å². The molecule has 1 heterocycles. The van der Waals surface area contributed by atoms with Crippen LogP contribution in [0.5, 0.6) is 0 Å². The lowest BCUT2D eigenvalue weighted by atomic mass is 10.0. The van der Waals surface area contributed by atoms with E-state index in [0.29, 0.717) is 25.8 Å². The van der Waals surface area contributed by atoms with E-state index in [0.717, 1.165) is 40.9 Å². The quantitative estimate of drug-likeness (QED) is 0.0109. The fourth-order valence-electron chi connectivity index (χ4n) is 7.44. The zero-order chi connectivity index (χ0) is 56.5. The number of nitrogens with one attached hydrogen (secondary N) is 7. The van der Waals surface area contributed by atoms with Crippen molar-refractivity contribution in [3.8, 4) is 0 Å². The maximum absolute atomic E-state index is 13.6. The molecule has 17 N–H and O–H groups in total. The van der Waals surface area contributed by atoms with Crippen LogP contribution in [-0.2, 0) is 38.4 Å². The summed E-state index contributed by atoms with van der Waals surface area (Å²) in [7, 11) is 1.92. The standard InChI is InChI=1S/C48H84N16O10S2/c1-3-4-5-6-7-8-9-10-11-12-13-14-15-25-39(66)54-26-17-16-21-34(42(49)69)63-45(72)36(23-19-29-57-48(52)53)62-41(68)30-58-43(70)35(22-18-28-56-47(50)51)61-40(67)31-59-44(71)37(60-33(2)65)32-75-76-46-38(64(73)74)24-20-27-55-46/h20,24,27,34-37H,3-19,21-23,25-26,28-32H2,1-2H3,(H2,49,69)(H,54,66)(H,58,70)(H,59,71)(H,60,65)(H,61,67)(H,62,68)(H,63,72)(H4,50,51,56)(H4,52,53,57)/t34-,35-,36-,37-/m0/s1. The van der Waals surface area contributed by atoms with Crippen molar-refractivity contribution in [1.82, 2.24) is 42.2 Å². The number of hydrogen-bond donors (Lipinski definition) is 12. The molecule has 26 nitrogen and oxygen atoms in total. The first kappa shape index (κ1) is 67.6. The number of nitrogens with two attached hydrogens (primary N) is 5. The van der Waals surface area contributed by atoms with E-state index in [9.17, 15) is 48.5 Å². The number of nitrogens with zero attached hydrogens (tertiary/aromatic N) is 4. The predicted octanol–water partition coefficient (Wildman–Crippen LogP) is 1.28. The summed E-state index contributed by atoms with van der Waals surface area (Å²) in [6.07, 6.45) is 19.2. The third-order valence-corrected chi connectivity index (χ3v) is 13.8. The van der Waals surface area contributed by atoms with Gasteiger partial charge in [0.05, 0.1) is 18.0 Å². The Morgan fingerprint density at radius 3 is 1.61 bits per heavy atom. The van der Waals surface area contributed by atoms with Crippen LogP contribution in [0.4, 0.5) is 5.69 Å². The second kappa shape index (κ2) is 41.8. The molecule has 0 aliphatic heterocycles. The predicted molar refractivity (Wildman–Crippen MR) is 295 cm³/mol. The number of pyridine rings is 1. The molecule has 4 atom stereocenters. The Balaban J connectivity index is 2.78. The van der Waals surface area contributed by atoms with Gasteiger partial charge < -0.3 is 65.9 Å². The molecule has 76 heavy (non-hydrogen) atoms. The summed E-state index contributed by atoms with van der Waals surface area (Å²) in [5.74, 6) is -5.82. The normalized spacial score (nSPS) is 12.3. The Labute approximate surface area is 453 Å². The molecule has 0 fully saturated rings. The molecule has 1 rings (SSSR count). The number of unbranched alkanes of at least 4 members (excludes halogenated alkanes) is 13. The first-order chi connectivity index (χ1) is 36.3. The van der Waals surface area contributed by atoms with Crippen molar-refractivity contribution in [3.05, 3.63) is 28.4 Å². The molecule has 0 aliphatic carbocycles. The van der Waals surface area contributed by atoms with E-state index in [1.165, 1.54) is 89.5 Å². The molecule has 28 heteroatoms. The topological polar surface area (TPSA) is 432 Å². The van der Waals surface area contributed by atoms with Crippen LogP contribution < -0.4 is 65.9 Å². The van der Waals surface area contributed by atoms with E-state index >= 15 is 0 Å². The summed E-state index contributed by atoms with van der Waals surface area (Å²) in [5, 5.41) is 29.3. The number of aromatic nitrogens is 1. The van der Waals surface area contributed by atoms with Crippen LogP contribution in [0, 0.1) is 10.1 Å². The minimum atomic E-state index is -1.27. The molecule has 0 aliphatic rings. The van der Waals surface area contributed by atoms with E-state index in [1.54, 1.807) is 0 Å². The van der Waals surface area contributed by atoms with Crippen LogP contribution in [-0.4, -0.2) is 132 Å². The highest BCUT2D eigenvalue weighted by atomic mass is 33.1. The number of carbonyl (C=O) groups is 8. The maximum Gasteiger partial charge on any atom is 0.302 e. The minimum Gasteiger partial charge on any atom is -0.370 e. The largest absolute Gasteiger partial charge is 0.370 e. The van der Waals surface area contributed by atoms with Gasteiger partial charge in [-0.25, -0.2) is 4.98 Å². The Morgan fingerprint density at radius 1 is 0.605 bits per heavy atom. The van der Waals surface area contributed by atoms with Gasteiger partial charge in [-0.3, -0.25) is 58.5 Å². The van der Waals surface area contributed by atoms with Crippen molar-refractivity contribution in [3.63, 3.8) is 0 Å². The summed E-state index contributed by atoms with van der Waals surface area (Å²) < 4.78 is 0. The van der Waals surface area contributed by atoms with Gasteiger partial charge in [0.1, 0.15) is 24.2 Å². The highest BCUT2D eigenvalue weighted by Gasteiger charge is 2.28. The Morgan fingerprint density at radius 2 is 1.11 bits per heavy atom. The molecular formula is C48H84N16O10S2. The molecule has 0 bridgehead atoms. The van der Waals surface area contributed by atoms with Crippen molar-refractivity contribution >= 4 is 86.5 Å². The average Bonchev–Trinajstić information content (AvgIpc) is 3.36. The smallest absolute Gasteiger partial charge is 0.302 e. The van der Waals surface area contributed by atoms with E-state index < -0.39 is 83.5 Å². The van der Waals surface area contributed by atoms with E-state index in [-0.39, 0.29) is 79.5 Å². The van der Waals surface area contributed by atoms with Gasteiger partial charge in [0.25, 0.3) is 0 Å². The zero-order valence-corrected chi connectivity index (χ0v) is 45.8. The average molecular weight is 1110 g/mol. The van der Waals surface area contributed by atoms with Crippen molar-refractivity contribution < 1.29 is 43.3 Å². The van der Waals surface area contributed by atoms with Crippen LogP contribution >= 0.6 is 21.6 Å². The number of nitro groups is 1. The molecule has 0 unspecified atom stereocenters. The van der Waals surface area contributed by atoms with Gasteiger partial charge >= 0.3 is 5.69 Å².